The van der Waals surface area contributed by atoms with Crippen molar-refractivity contribution in [2.45, 2.75) is 12.3 Å². The lowest BCUT2D eigenvalue weighted by molar-refractivity contribution is -0.138. The Bertz CT molecular complexity index is 1080. The Morgan fingerprint density at radius 2 is 1.97 bits per heavy atom. The number of pyridine rings is 1. The van der Waals surface area contributed by atoms with E-state index in [0.717, 1.165) is 16.8 Å². The van der Waals surface area contributed by atoms with Gasteiger partial charge in [0.05, 0.1) is 30.0 Å². The third-order valence-corrected chi connectivity index (χ3v) is 4.68. The number of amides is 1. The van der Waals surface area contributed by atoms with E-state index in [0.29, 0.717) is 31.1 Å². The molecule has 0 spiro atoms. The highest BCUT2D eigenvalue weighted by Gasteiger charge is 2.32. The quantitative estimate of drug-likeness (QED) is 0.566. The van der Waals surface area contributed by atoms with Gasteiger partial charge < -0.3 is 15.4 Å². The number of ether oxygens (including phenoxy) is 1. The molecule has 1 unspecified atom stereocenters. The van der Waals surface area contributed by atoms with Crippen molar-refractivity contribution in [2.75, 3.05) is 25.0 Å². The first-order chi connectivity index (χ1) is 14.8. The molecule has 1 aliphatic heterocycles. The fourth-order valence-corrected chi connectivity index (χ4v) is 3.07. The highest BCUT2D eigenvalue weighted by atomic mass is 35.5. The lowest BCUT2D eigenvalue weighted by Gasteiger charge is -2.24. The molecule has 1 saturated heterocycles. The zero-order chi connectivity index (χ0) is 22.0. The Kier molecular flexibility index (Phi) is 7.12. The van der Waals surface area contributed by atoms with E-state index in [2.05, 4.69) is 20.7 Å². The minimum atomic E-state index is -4.71. The molecular weight excluding hydrogens is 454 g/mol. The minimum Gasteiger partial charge on any atom is -0.371 e. The summed E-state index contributed by atoms with van der Waals surface area (Å²) in [4.78, 5) is 15.9. The van der Waals surface area contributed by atoms with Gasteiger partial charge in [0.2, 0.25) is 0 Å². The number of aromatic nitrogens is 3. The molecule has 1 amide bonds. The van der Waals surface area contributed by atoms with Gasteiger partial charge in [-0.3, -0.25) is 4.79 Å². The number of benzene rings is 1. The topological polar surface area (TPSA) is 81.1 Å². The normalized spacial score (nSPS) is 16.3. The van der Waals surface area contributed by atoms with Gasteiger partial charge in [0.15, 0.2) is 11.6 Å². The Labute approximate surface area is 186 Å². The maximum Gasteiger partial charge on any atom is 0.417 e. The van der Waals surface area contributed by atoms with Crippen LogP contribution in [0.4, 0.5) is 23.2 Å². The molecule has 32 heavy (non-hydrogen) atoms. The number of nitrogens with zero attached hydrogens (tertiary/aromatic N) is 3. The summed E-state index contributed by atoms with van der Waals surface area (Å²) in [5.74, 6) is -2.17. The van der Waals surface area contributed by atoms with E-state index in [1.807, 2.05) is 12.1 Å². The van der Waals surface area contributed by atoms with E-state index in [1.54, 1.807) is 12.1 Å². The van der Waals surface area contributed by atoms with E-state index in [9.17, 15) is 22.4 Å². The number of hydrogen-bond donors (Lipinski definition) is 2. The second-order valence-corrected chi connectivity index (χ2v) is 6.84. The average Bonchev–Trinajstić information content (AvgIpc) is 3.24. The maximum atomic E-state index is 14.1. The van der Waals surface area contributed by atoms with Crippen LogP contribution in [0.1, 0.15) is 27.6 Å². The summed E-state index contributed by atoms with van der Waals surface area (Å²) in [6.45, 7) is 2.14. The van der Waals surface area contributed by atoms with Gasteiger partial charge in [-0.15, -0.1) is 12.4 Å². The molecule has 1 fully saturated rings. The molecule has 170 valence electrons. The number of carbonyl (C=O) groups is 1. The molecule has 0 radical (unpaired) electrons. The molecule has 1 aliphatic rings. The van der Waals surface area contributed by atoms with Gasteiger partial charge in [-0.05, 0) is 23.8 Å². The molecule has 3 aromatic rings. The highest BCUT2D eigenvalue weighted by Crippen LogP contribution is 2.30. The molecule has 0 aliphatic carbocycles. The Hall–Kier alpha value is -3.02. The summed E-state index contributed by atoms with van der Waals surface area (Å²) in [7, 11) is 0. The second-order valence-electron chi connectivity index (χ2n) is 6.84. The molecule has 1 aromatic carbocycles. The lowest BCUT2D eigenvalue weighted by Crippen LogP contribution is -2.33. The Morgan fingerprint density at radius 1 is 1.22 bits per heavy atom. The molecule has 2 aromatic heterocycles. The van der Waals surface area contributed by atoms with Crippen LogP contribution in [0.5, 0.6) is 0 Å². The molecule has 12 heteroatoms. The van der Waals surface area contributed by atoms with Crippen LogP contribution >= 0.6 is 12.4 Å². The van der Waals surface area contributed by atoms with Crippen molar-refractivity contribution in [3.8, 4) is 5.82 Å². The fourth-order valence-electron chi connectivity index (χ4n) is 3.07. The van der Waals surface area contributed by atoms with Gasteiger partial charge in [-0.1, -0.05) is 12.1 Å². The van der Waals surface area contributed by atoms with Gasteiger partial charge in [0, 0.05) is 31.2 Å². The number of nitrogens with one attached hydrogen (secondary N) is 2. The van der Waals surface area contributed by atoms with Crippen molar-refractivity contribution in [2.24, 2.45) is 0 Å². The Balaban J connectivity index is 0.00000289. The first-order valence-corrected chi connectivity index (χ1v) is 9.33. The first-order valence-electron chi connectivity index (χ1n) is 9.33. The van der Waals surface area contributed by atoms with E-state index >= 15 is 0 Å². The summed E-state index contributed by atoms with van der Waals surface area (Å²) in [6, 6.07) is 7.48. The smallest absolute Gasteiger partial charge is 0.371 e. The molecule has 3 heterocycles. The number of carbonyl (C=O) groups excluding carboxylic acids is 1. The summed E-state index contributed by atoms with van der Waals surface area (Å²) in [5.41, 5.74) is 0.382. The largest absolute Gasteiger partial charge is 0.417 e. The molecule has 2 N–H and O–H groups in total. The molecule has 4 rings (SSSR count). The van der Waals surface area contributed by atoms with E-state index < -0.39 is 29.3 Å². The van der Waals surface area contributed by atoms with Crippen molar-refractivity contribution in [3.63, 3.8) is 0 Å². The van der Waals surface area contributed by atoms with E-state index in [-0.39, 0.29) is 24.1 Å². The highest BCUT2D eigenvalue weighted by molar-refractivity contribution is 6.04. The number of anilines is 1. The van der Waals surface area contributed by atoms with Crippen LogP contribution in [0.2, 0.25) is 0 Å². The summed E-state index contributed by atoms with van der Waals surface area (Å²) < 4.78 is 58.6. The maximum absolute atomic E-state index is 14.1. The monoisotopic (exact) mass is 471 g/mol. The molecule has 0 saturated carbocycles. The average molecular weight is 472 g/mol. The first kappa shape index (κ1) is 23.6. The SMILES string of the molecule is Cl.O=C(Nc1ccc(C2CNCCO2)cc1)c1cnn(-c2ncc(C(F)(F)F)cc2F)c1. The third kappa shape index (κ3) is 5.23. The molecule has 1 atom stereocenters. The second kappa shape index (κ2) is 9.63. The molecule has 0 bridgehead atoms. The van der Waals surface area contributed by atoms with Gasteiger partial charge in [-0.25, -0.2) is 14.1 Å². The van der Waals surface area contributed by atoms with Crippen LogP contribution < -0.4 is 10.6 Å². The van der Waals surface area contributed by atoms with Gasteiger partial charge >= 0.3 is 6.18 Å². The molecule has 7 nitrogen and oxygen atoms in total. The number of rotatable bonds is 4. The molecular formula is C20H18ClF4N5O2. The van der Waals surface area contributed by atoms with Crippen molar-refractivity contribution in [1.29, 1.82) is 0 Å². The van der Waals surface area contributed by atoms with Crippen molar-refractivity contribution < 1.29 is 27.1 Å². The van der Waals surface area contributed by atoms with Crippen LogP contribution in [-0.4, -0.2) is 40.4 Å². The van der Waals surface area contributed by atoms with Crippen LogP contribution in [0.3, 0.4) is 0 Å². The number of morpholine rings is 1. The van der Waals surface area contributed by atoms with Crippen molar-refractivity contribution in [1.82, 2.24) is 20.1 Å². The zero-order valence-corrected chi connectivity index (χ0v) is 17.2. The predicted molar refractivity (Wildman–Crippen MR) is 110 cm³/mol. The third-order valence-electron chi connectivity index (χ3n) is 4.68. The fraction of sp³-hybridized carbons (Fsp3) is 0.250. The van der Waals surface area contributed by atoms with Crippen LogP contribution in [-0.2, 0) is 10.9 Å². The van der Waals surface area contributed by atoms with Crippen molar-refractivity contribution >= 4 is 24.0 Å². The van der Waals surface area contributed by atoms with Crippen molar-refractivity contribution in [3.05, 3.63) is 71.4 Å². The van der Waals surface area contributed by atoms with Crippen LogP contribution in [0.25, 0.3) is 5.82 Å². The van der Waals surface area contributed by atoms with E-state index in [1.165, 1.54) is 12.4 Å². The minimum absolute atomic E-state index is 0. The standard InChI is InChI=1S/C20H17F4N5O2.ClH/c21-16-7-14(20(22,23)24)9-26-18(16)29-11-13(8-27-29)19(30)28-15-3-1-12(2-4-15)17-10-25-5-6-31-17;/h1-4,7-9,11,17,25H,5-6,10H2,(H,28,30);1H. The summed E-state index contributed by atoms with van der Waals surface area (Å²) in [5, 5.41) is 9.75. The van der Waals surface area contributed by atoms with Gasteiger partial charge in [-0.2, -0.15) is 18.3 Å². The van der Waals surface area contributed by atoms with E-state index in [4.69, 9.17) is 4.74 Å². The summed E-state index contributed by atoms with van der Waals surface area (Å²) in [6.07, 6.45) is -1.90. The van der Waals surface area contributed by atoms with Crippen LogP contribution in [0, 0.1) is 5.82 Å². The Morgan fingerprint density at radius 3 is 2.59 bits per heavy atom. The number of halogens is 5. The summed E-state index contributed by atoms with van der Waals surface area (Å²) >= 11 is 0. The zero-order valence-electron chi connectivity index (χ0n) is 16.4. The number of alkyl halides is 3. The van der Waals surface area contributed by atoms with Gasteiger partial charge in [0.25, 0.3) is 5.91 Å². The number of hydrogen-bond acceptors (Lipinski definition) is 5. The van der Waals surface area contributed by atoms with Crippen LogP contribution in [0.15, 0.2) is 48.9 Å². The lowest BCUT2D eigenvalue weighted by atomic mass is 10.1. The van der Waals surface area contributed by atoms with Gasteiger partial charge in [0.1, 0.15) is 0 Å². The predicted octanol–water partition coefficient (Wildman–Crippen LogP) is 3.76.